The van der Waals surface area contributed by atoms with Gasteiger partial charge in [0.05, 0.1) is 5.60 Å². The molecule has 78 valence electrons. The summed E-state index contributed by atoms with van der Waals surface area (Å²) in [7, 11) is 0. The Bertz CT molecular complexity index is 318. The molecular weight excluding hydrogens is 289 g/mol. The van der Waals surface area contributed by atoms with Crippen LogP contribution in [0.4, 0.5) is 5.69 Å². The van der Waals surface area contributed by atoms with Crippen LogP contribution < -0.4 is 5.32 Å². The van der Waals surface area contributed by atoms with Gasteiger partial charge in [-0.1, -0.05) is 6.07 Å². The Balaban J connectivity index is 2.72. The standard InChI is InChI=1S/C11H16INO/c1-8-4-5-9(12)6-10(8)13-7-11(2,3)14/h4-6,13-14H,7H2,1-3H3. The lowest BCUT2D eigenvalue weighted by Gasteiger charge is -2.19. The summed E-state index contributed by atoms with van der Waals surface area (Å²) in [6, 6.07) is 6.24. The summed E-state index contributed by atoms with van der Waals surface area (Å²) in [6.07, 6.45) is 0. The first-order valence-corrected chi connectivity index (χ1v) is 5.69. The van der Waals surface area contributed by atoms with Crippen molar-refractivity contribution in [2.45, 2.75) is 26.4 Å². The minimum absolute atomic E-state index is 0.563. The molecular formula is C11H16INO. The summed E-state index contributed by atoms with van der Waals surface area (Å²) >= 11 is 2.28. The number of anilines is 1. The van der Waals surface area contributed by atoms with Crippen molar-refractivity contribution in [3.05, 3.63) is 27.3 Å². The highest BCUT2D eigenvalue weighted by Crippen LogP contribution is 2.18. The minimum Gasteiger partial charge on any atom is -0.389 e. The van der Waals surface area contributed by atoms with Crippen LogP contribution in [-0.2, 0) is 0 Å². The molecule has 2 nitrogen and oxygen atoms in total. The van der Waals surface area contributed by atoms with Crippen LogP contribution in [0.1, 0.15) is 19.4 Å². The van der Waals surface area contributed by atoms with Crippen LogP contribution in [0.2, 0.25) is 0 Å². The third-order valence-electron chi connectivity index (χ3n) is 1.91. The minimum atomic E-state index is -0.673. The van der Waals surface area contributed by atoms with E-state index in [2.05, 4.69) is 53.0 Å². The summed E-state index contributed by atoms with van der Waals surface area (Å²) in [5, 5.41) is 12.8. The summed E-state index contributed by atoms with van der Waals surface area (Å²) in [5.74, 6) is 0. The van der Waals surface area contributed by atoms with Gasteiger partial charge >= 0.3 is 0 Å². The van der Waals surface area contributed by atoms with E-state index in [1.807, 2.05) is 0 Å². The first-order chi connectivity index (χ1) is 6.38. The van der Waals surface area contributed by atoms with E-state index in [1.165, 1.54) is 9.13 Å². The van der Waals surface area contributed by atoms with Crippen LogP contribution in [0.25, 0.3) is 0 Å². The molecule has 0 heterocycles. The van der Waals surface area contributed by atoms with Gasteiger partial charge in [-0.2, -0.15) is 0 Å². The van der Waals surface area contributed by atoms with Crippen molar-refractivity contribution in [1.29, 1.82) is 0 Å². The highest BCUT2D eigenvalue weighted by Gasteiger charge is 2.12. The maximum atomic E-state index is 9.57. The molecule has 0 saturated heterocycles. The van der Waals surface area contributed by atoms with Crippen molar-refractivity contribution in [1.82, 2.24) is 0 Å². The quantitative estimate of drug-likeness (QED) is 0.842. The Hall–Kier alpha value is -0.290. The molecule has 3 heteroatoms. The Labute approximate surface area is 98.9 Å². The number of nitrogens with one attached hydrogen (secondary N) is 1. The van der Waals surface area contributed by atoms with Gasteiger partial charge in [-0.3, -0.25) is 0 Å². The number of hydrogen-bond donors (Lipinski definition) is 2. The molecule has 0 radical (unpaired) electrons. The molecule has 0 amide bonds. The molecule has 14 heavy (non-hydrogen) atoms. The second-order valence-electron chi connectivity index (χ2n) is 4.13. The summed E-state index contributed by atoms with van der Waals surface area (Å²) in [4.78, 5) is 0. The number of benzene rings is 1. The van der Waals surface area contributed by atoms with Gasteiger partial charge in [0.2, 0.25) is 0 Å². The van der Waals surface area contributed by atoms with Gasteiger partial charge in [-0.05, 0) is 61.1 Å². The molecule has 0 aromatic heterocycles. The predicted molar refractivity (Wildman–Crippen MR) is 68.7 cm³/mol. The van der Waals surface area contributed by atoms with E-state index in [0.29, 0.717) is 6.54 Å². The van der Waals surface area contributed by atoms with Gasteiger partial charge in [0, 0.05) is 15.8 Å². The van der Waals surface area contributed by atoms with Crippen molar-refractivity contribution in [2.24, 2.45) is 0 Å². The van der Waals surface area contributed by atoms with Crippen LogP contribution in [0.5, 0.6) is 0 Å². The fourth-order valence-corrected chi connectivity index (χ4v) is 1.59. The fraction of sp³-hybridized carbons (Fsp3) is 0.455. The normalized spacial score (nSPS) is 11.5. The van der Waals surface area contributed by atoms with Gasteiger partial charge in [-0.15, -0.1) is 0 Å². The number of hydrogen-bond acceptors (Lipinski definition) is 2. The SMILES string of the molecule is Cc1ccc(I)cc1NCC(C)(C)O. The average molecular weight is 305 g/mol. The van der Waals surface area contributed by atoms with Crippen LogP contribution >= 0.6 is 22.6 Å². The Morgan fingerprint density at radius 3 is 2.64 bits per heavy atom. The maximum absolute atomic E-state index is 9.57. The second kappa shape index (κ2) is 4.49. The number of aliphatic hydroxyl groups is 1. The van der Waals surface area contributed by atoms with Gasteiger partial charge in [0.25, 0.3) is 0 Å². The van der Waals surface area contributed by atoms with Crippen molar-refractivity contribution < 1.29 is 5.11 Å². The van der Waals surface area contributed by atoms with Gasteiger partial charge < -0.3 is 10.4 Å². The number of rotatable bonds is 3. The molecule has 0 atom stereocenters. The lowest BCUT2D eigenvalue weighted by molar-refractivity contribution is 0.0945. The molecule has 0 fully saturated rings. The Morgan fingerprint density at radius 2 is 2.07 bits per heavy atom. The lowest BCUT2D eigenvalue weighted by atomic mass is 10.1. The first kappa shape index (κ1) is 11.8. The third kappa shape index (κ3) is 3.84. The molecule has 0 aliphatic heterocycles. The van der Waals surface area contributed by atoms with E-state index >= 15 is 0 Å². The highest BCUT2D eigenvalue weighted by atomic mass is 127. The number of halogens is 1. The zero-order valence-electron chi connectivity index (χ0n) is 8.76. The molecule has 1 rings (SSSR count). The van der Waals surface area contributed by atoms with Crippen molar-refractivity contribution in [3.8, 4) is 0 Å². The van der Waals surface area contributed by atoms with E-state index in [9.17, 15) is 5.11 Å². The molecule has 0 aliphatic carbocycles. The maximum Gasteiger partial charge on any atom is 0.0763 e. The van der Waals surface area contributed by atoms with Gasteiger partial charge in [0.15, 0.2) is 0 Å². The predicted octanol–water partition coefficient (Wildman–Crippen LogP) is 2.78. The van der Waals surface area contributed by atoms with E-state index in [-0.39, 0.29) is 0 Å². The van der Waals surface area contributed by atoms with E-state index in [4.69, 9.17) is 0 Å². The zero-order valence-corrected chi connectivity index (χ0v) is 10.9. The summed E-state index contributed by atoms with van der Waals surface area (Å²) in [5.41, 5.74) is 1.63. The molecule has 0 unspecified atom stereocenters. The van der Waals surface area contributed by atoms with E-state index in [0.717, 1.165) is 5.69 Å². The zero-order chi connectivity index (χ0) is 10.8. The van der Waals surface area contributed by atoms with Crippen LogP contribution in [0.3, 0.4) is 0 Å². The van der Waals surface area contributed by atoms with Gasteiger partial charge in [0.1, 0.15) is 0 Å². The summed E-state index contributed by atoms with van der Waals surface area (Å²) in [6.45, 7) is 6.21. The smallest absolute Gasteiger partial charge is 0.0763 e. The van der Waals surface area contributed by atoms with Crippen LogP contribution in [0.15, 0.2) is 18.2 Å². The third-order valence-corrected chi connectivity index (χ3v) is 2.58. The van der Waals surface area contributed by atoms with Crippen molar-refractivity contribution >= 4 is 28.3 Å². The number of aryl methyl sites for hydroxylation is 1. The molecule has 0 saturated carbocycles. The Kier molecular flexibility index (Phi) is 3.78. The largest absolute Gasteiger partial charge is 0.389 e. The Morgan fingerprint density at radius 1 is 1.43 bits per heavy atom. The molecule has 0 spiro atoms. The van der Waals surface area contributed by atoms with E-state index < -0.39 is 5.60 Å². The van der Waals surface area contributed by atoms with Gasteiger partial charge in [-0.25, -0.2) is 0 Å². The fourth-order valence-electron chi connectivity index (χ4n) is 1.10. The topological polar surface area (TPSA) is 32.3 Å². The second-order valence-corrected chi connectivity index (χ2v) is 5.37. The molecule has 2 N–H and O–H groups in total. The highest BCUT2D eigenvalue weighted by molar-refractivity contribution is 14.1. The van der Waals surface area contributed by atoms with E-state index in [1.54, 1.807) is 13.8 Å². The van der Waals surface area contributed by atoms with Crippen molar-refractivity contribution in [3.63, 3.8) is 0 Å². The average Bonchev–Trinajstić information content (AvgIpc) is 2.05. The molecule has 1 aromatic rings. The lowest BCUT2D eigenvalue weighted by Crippen LogP contribution is -2.29. The summed E-state index contributed by atoms with van der Waals surface area (Å²) < 4.78 is 1.20. The molecule has 0 bridgehead atoms. The monoisotopic (exact) mass is 305 g/mol. The van der Waals surface area contributed by atoms with Crippen LogP contribution in [-0.4, -0.2) is 17.3 Å². The molecule has 1 aromatic carbocycles. The molecule has 0 aliphatic rings. The van der Waals surface area contributed by atoms with Crippen molar-refractivity contribution in [2.75, 3.05) is 11.9 Å². The first-order valence-electron chi connectivity index (χ1n) is 4.61. The van der Waals surface area contributed by atoms with Crippen LogP contribution in [0, 0.1) is 10.5 Å².